The van der Waals surface area contributed by atoms with E-state index in [0.717, 1.165) is 0 Å². The van der Waals surface area contributed by atoms with Gasteiger partial charge in [-0.15, -0.1) is 31.4 Å². The molecule has 0 fully saturated rings. The molecule has 0 saturated heterocycles. The van der Waals surface area contributed by atoms with Crippen LogP contribution in [0.5, 0.6) is 0 Å². The first-order valence-corrected chi connectivity index (χ1v) is 6.77. The average molecular weight is 196 g/mol. The van der Waals surface area contributed by atoms with Crippen LogP contribution in [-0.2, 0) is 9.53 Å². The van der Waals surface area contributed by atoms with Gasteiger partial charge in [-0.3, -0.25) is 0 Å². The predicted octanol–water partition coefficient (Wildman–Crippen LogP) is 1.55. The van der Waals surface area contributed by atoms with E-state index in [1.165, 1.54) is 0 Å². The van der Waals surface area contributed by atoms with Gasteiger partial charge in [-0.2, -0.15) is 0 Å². The van der Waals surface area contributed by atoms with Crippen molar-refractivity contribution in [3.8, 4) is 0 Å². The third-order valence-electron chi connectivity index (χ3n) is 1.10. The van der Waals surface area contributed by atoms with Crippen LogP contribution < -0.4 is 0 Å². The summed E-state index contributed by atoms with van der Waals surface area (Å²) in [7, 11) is -1.48. The number of hydrogen-bond acceptors (Lipinski definition) is 4. The second-order valence-electron chi connectivity index (χ2n) is 2.00. The number of carbonyl (C=O) groups is 1. The Balaban J connectivity index is 2.82. The van der Waals surface area contributed by atoms with Crippen molar-refractivity contribution in [1.29, 1.82) is 0 Å². The van der Waals surface area contributed by atoms with Crippen molar-refractivity contribution in [2.45, 2.75) is 0 Å². The SMILES string of the molecule is CS(S)(S)C1=CCOC1=O. The fraction of sp³-hybridized carbons (Fsp3) is 0.400. The summed E-state index contributed by atoms with van der Waals surface area (Å²) in [6, 6.07) is 0. The Kier molecular flexibility index (Phi) is 2.27. The minimum Gasteiger partial charge on any atom is -0.457 e. The van der Waals surface area contributed by atoms with Crippen LogP contribution in [0.3, 0.4) is 0 Å². The van der Waals surface area contributed by atoms with Crippen LogP contribution in [0.15, 0.2) is 11.0 Å². The molecule has 1 rings (SSSR count). The molecule has 0 bridgehead atoms. The number of esters is 1. The first-order valence-electron chi connectivity index (χ1n) is 2.62. The largest absolute Gasteiger partial charge is 0.457 e. The molecular formula is C5H8O2S3. The highest BCUT2D eigenvalue weighted by Gasteiger charge is 2.26. The lowest BCUT2D eigenvalue weighted by molar-refractivity contribution is -0.135. The van der Waals surface area contributed by atoms with Crippen LogP contribution in [0.25, 0.3) is 0 Å². The van der Waals surface area contributed by atoms with E-state index in [9.17, 15) is 4.79 Å². The van der Waals surface area contributed by atoms with E-state index in [1.54, 1.807) is 6.08 Å². The summed E-state index contributed by atoms with van der Waals surface area (Å²) in [6.07, 6.45) is 3.55. The molecule has 10 heavy (non-hydrogen) atoms. The molecule has 0 aromatic heterocycles. The first-order chi connectivity index (χ1) is 4.52. The number of thiol groups is 2. The smallest absolute Gasteiger partial charge is 0.344 e. The van der Waals surface area contributed by atoms with Crippen LogP contribution in [0.1, 0.15) is 0 Å². The van der Waals surface area contributed by atoms with Gasteiger partial charge in [0.25, 0.3) is 0 Å². The van der Waals surface area contributed by atoms with E-state index in [2.05, 4.69) is 28.1 Å². The van der Waals surface area contributed by atoms with Gasteiger partial charge in [0.15, 0.2) is 0 Å². The molecule has 2 nitrogen and oxygen atoms in total. The van der Waals surface area contributed by atoms with E-state index >= 15 is 0 Å². The van der Waals surface area contributed by atoms with Gasteiger partial charge in [0.1, 0.15) is 6.61 Å². The predicted molar refractivity (Wildman–Crippen MR) is 50.5 cm³/mol. The Labute approximate surface area is 70.9 Å². The van der Waals surface area contributed by atoms with Crippen LogP contribution in [0.2, 0.25) is 0 Å². The summed E-state index contributed by atoms with van der Waals surface area (Å²) in [5.74, 6) is -0.275. The van der Waals surface area contributed by atoms with Crippen molar-refractivity contribution >= 4 is 37.4 Å². The second kappa shape index (κ2) is 2.71. The van der Waals surface area contributed by atoms with Crippen LogP contribution in [-0.4, -0.2) is 18.8 Å². The van der Waals surface area contributed by atoms with E-state index < -0.39 is 8.09 Å². The highest BCUT2D eigenvalue weighted by Crippen LogP contribution is 2.61. The lowest BCUT2D eigenvalue weighted by Gasteiger charge is -2.20. The highest BCUT2D eigenvalue weighted by molar-refractivity contribution is 9.19. The summed E-state index contributed by atoms with van der Waals surface area (Å²) < 4.78 is 4.68. The van der Waals surface area contributed by atoms with Gasteiger partial charge in [-0.1, -0.05) is 0 Å². The van der Waals surface area contributed by atoms with Crippen molar-refractivity contribution in [3.05, 3.63) is 11.0 Å². The van der Waals surface area contributed by atoms with Gasteiger partial charge in [0.2, 0.25) is 0 Å². The van der Waals surface area contributed by atoms with Gasteiger partial charge >= 0.3 is 5.97 Å². The van der Waals surface area contributed by atoms with Crippen LogP contribution >= 0.6 is 31.4 Å². The molecule has 0 aliphatic carbocycles. The van der Waals surface area contributed by atoms with Crippen molar-refractivity contribution in [1.82, 2.24) is 0 Å². The minimum atomic E-state index is -1.48. The Bertz CT molecular complexity index is 192. The maximum absolute atomic E-state index is 10.9. The molecule has 0 aromatic rings. The summed E-state index contributed by atoms with van der Waals surface area (Å²) in [5, 5.41) is 0. The molecule has 0 spiro atoms. The molecule has 0 radical (unpaired) electrons. The van der Waals surface area contributed by atoms with E-state index in [0.29, 0.717) is 11.5 Å². The van der Waals surface area contributed by atoms with E-state index in [4.69, 9.17) is 0 Å². The molecule has 1 heterocycles. The first kappa shape index (κ1) is 8.36. The second-order valence-corrected chi connectivity index (χ2v) is 9.35. The van der Waals surface area contributed by atoms with E-state index in [-0.39, 0.29) is 5.97 Å². The van der Waals surface area contributed by atoms with Gasteiger partial charge in [-0.25, -0.2) is 4.79 Å². The zero-order chi connectivity index (χ0) is 7.78. The van der Waals surface area contributed by atoms with Crippen LogP contribution in [0.4, 0.5) is 0 Å². The maximum atomic E-state index is 10.9. The summed E-state index contributed by atoms with van der Waals surface area (Å²) in [4.78, 5) is 11.5. The van der Waals surface area contributed by atoms with Crippen molar-refractivity contribution < 1.29 is 9.53 Å². The van der Waals surface area contributed by atoms with Crippen LogP contribution in [0, 0.1) is 0 Å². The zero-order valence-corrected chi connectivity index (χ0v) is 8.01. The number of cyclic esters (lactones) is 1. The molecule has 5 heteroatoms. The summed E-state index contributed by atoms with van der Waals surface area (Å²) in [6.45, 7) is 0.373. The molecular weight excluding hydrogens is 188 g/mol. The quantitative estimate of drug-likeness (QED) is 0.378. The standard InChI is InChI=1S/C5H8O2S3/c1-10(8,9)4-2-3-7-5(4)6/h2,8-9H,3H2,1H3. The van der Waals surface area contributed by atoms with Gasteiger partial charge in [-0.05, 0) is 12.3 Å². The Morgan fingerprint density at radius 1 is 1.70 bits per heavy atom. The van der Waals surface area contributed by atoms with Crippen molar-refractivity contribution in [3.63, 3.8) is 0 Å². The molecule has 0 N–H and O–H groups in total. The minimum absolute atomic E-state index is 0.275. The maximum Gasteiger partial charge on any atom is 0.344 e. The number of carbonyl (C=O) groups excluding carboxylic acids is 1. The third-order valence-corrected chi connectivity index (χ3v) is 3.45. The van der Waals surface area contributed by atoms with Gasteiger partial charge in [0, 0.05) is 0 Å². The lowest BCUT2D eigenvalue weighted by Crippen LogP contribution is -2.00. The normalized spacial score (nSPS) is 20.3. The van der Waals surface area contributed by atoms with E-state index in [1.807, 2.05) is 6.26 Å². The number of hydrogen-bond donors (Lipinski definition) is 2. The summed E-state index contributed by atoms with van der Waals surface area (Å²) in [5.41, 5.74) is 0. The zero-order valence-electron chi connectivity index (χ0n) is 5.40. The highest BCUT2D eigenvalue weighted by atomic mass is 33.5. The molecule has 1 aliphatic rings. The molecule has 58 valence electrons. The fourth-order valence-electron chi connectivity index (χ4n) is 0.663. The van der Waals surface area contributed by atoms with Crippen molar-refractivity contribution in [2.24, 2.45) is 0 Å². The molecule has 0 unspecified atom stereocenters. The number of ether oxygens (including phenoxy) is 1. The molecule has 0 amide bonds. The molecule has 0 saturated carbocycles. The monoisotopic (exact) mass is 196 g/mol. The molecule has 1 aliphatic heterocycles. The van der Waals surface area contributed by atoms with Gasteiger partial charge in [0.05, 0.1) is 4.91 Å². The number of rotatable bonds is 1. The van der Waals surface area contributed by atoms with Crippen molar-refractivity contribution in [2.75, 3.05) is 12.9 Å². The lowest BCUT2D eigenvalue weighted by atomic mass is 10.6. The Morgan fingerprint density at radius 3 is 2.50 bits per heavy atom. The molecule has 0 atom stereocenters. The third kappa shape index (κ3) is 1.65. The Morgan fingerprint density at radius 2 is 2.30 bits per heavy atom. The fourth-order valence-corrected chi connectivity index (χ4v) is 2.32. The van der Waals surface area contributed by atoms with Gasteiger partial charge < -0.3 is 4.74 Å². The summed E-state index contributed by atoms with van der Waals surface area (Å²) >= 11 is 8.38. The Hall–Kier alpha value is 0.260. The topological polar surface area (TPSA) is 26.3 Å². The molecule has 0 aromatic carbocycles. The average Bonchev–Trinajstić information content (AvgIpc) is 2.11.